The smallest absolute Gasteiger partial charge is 0.120 e. The monoisotopic (exact) mass is 597 g/mol. The largest absolute Gasteiger partial charge is 0.508 e. The molecule has 0 aromatic heterocycles. The molecule has 3 aliphatic rings. The van der Waals surface area contributed by atoms with Crippen molar-refractivity contribution in [2.75, 3.05) is 63.3 Å². The summed E-state index contributed by atoms with van der Waals surface area (Å²) in [5.41, 5.74) is 2.43. The van der Waals surface area contributed by atoms with Crippen molar-refractivity contribution in [3.05, 3.63) is 77.3 Å². The van der Waals surface area contributed by atoms with Gasteiger partial charge in [-0.1, -0.05) is 34.1 Å². The highest BCUT2D eigenvalue weighted by molar-refractivity contribution is 9.10. The van der Waals surface area contributed by atoms with E-state index in [0.717, 1.165) is 34.7 Å². The van der Waals surface area contributed by atoms with Crippen molar-refractivity contribution in [1.82, 2.24) is 5.32 Å². The minimum absolute atomic E-state index is 0.361. The quantitative estimate of drug-likeness (QED) is 0.334. The molecule has 0 radical (unpaired) electrons. The van der Waals surface area contributed by atoms with E-state index in [1.807, 2.05) is 54.6 Å². The summed E-state index contributed by atoms with van der Waals surface area (Å²) in [5, 5.41) is 12.5. The van der Waals surface area contributed by atoms with Crippen molar-refractivity contribution in [3.63, 3.8) is 0 Å². The van der Waals surface area contributed by atoms with Crippen LogP contribution in [0.5, 0.6) is 17.2 Å². The van der Waals surface area contributed by atoms with Gasteiger partial charge >= 0.3 is 0 Å². The molecule has 0 bridgehead atoms. The Bertz CT molecular complexity index is 1070. The Morgan fingerprint density at radius 3 is 1.56 bits per heavy atom. The van der Waals surface area contributed by atoms with Crippen molar-refractivity contribution in [1.29, 1.82) is 0 Å². The van der Waals surface area contributed by atoms with Gasteiger partial charge in [0, 0.05) is 54.2 Å². The third kappa shape index (κ3) is 11.4. The van der Waals surface area contributed by atoms with E-state index in [2.05, 4.69) is 43.2 Å². The van der Waals surface area contributed by atoms with Gasteiger partial charge in [-0.2, -0.15) is 0 Å². The first-order valence-electron chi connectivity index (χ1n) is 14.0. The van der Waals surface area contributed by atoms with Gasteiger partial charge in [0.05, 0.1) is 14.2 Å². The van der Waals surface area contributed by atoms with Gasteiger partial charge in [0.15, 0.2) is 0 Å². The third-order valence-corrected chi connectivity index (χ3v) is 7.31. The molecule has 6 nitrogen and oxygen atoms in total. The zero-order valence-electron chi connectivity index (χ0n) is 23.4. The molecule has 0 amide bonds. The molecule has 7 heteroatoms. The lowest BCUT2D eigenvalue weighted by Gasteiger charge is -2.17. The van der Waals surface area contributed by atoms with E-state index in [4.69, 9.17) is 9.47 Å². The van der Waals surface area contributed by atoms with E-state index in [0.29, 0.717) is 5.75 Å². The van der Waals surface area contributed by atoms with Crippen molar-refractivity contribution in [3.8, 4) is 17.2 Å². The summed E-state index contributed by atoms with van der Waals surface area (Å²) in [5.74, 6) is 2.19. The molecule has 0 spiro atoms. The second-order valence-electron chi connectivity index (χ2n) is 9.73. The van der Waals surface area contributed by atoms with Crippen molar-refractivity contribution in [2.45, 2.75) is 38.5 Å². The van der Waals surface area contributed by atoms with E-state index in [1.54, 1.807) is 20.3 Å². The van der Waals surface area contributed by atoms with Crippen LogP contribution in [0.3, 0.4) is 0 Å². The Kier molecular flexibility index (Phi) is 13.9. The number of halogens is 1. The highest BCUT2D eigenvalue weighted by Gasteiger charge is 2.12. The summed E-state index contributed by atoms with van der Waals surface area (Å²) in [6.45, 7) is 7.13. The predicted octanol–water partition coefficient (Wildman–Crippen LogP) is 7.12. The standard InChI is InChI=1S/C11H15NO.C10H13NO.C7H7BrO.C4H9N/c1-13-11-6-4-5-10(9-11)12-7-2-3-8-12;12-10-5-3-4-9(8-10)11-6-1-2-7-11;1-9-7-4-2-3-6(8)5-7;1-2-4-5-3-1/h4-6,9H,2-3,7-8H2,1H3;3-5,8,12H,1-2,6-7H2;2-5H,1H3;5H,1-4H2. The fraction of sp³-hybridized carbons (Fsp3) is 0.438. The average Bonchev–Trinajstić information content (AvgIpc) is 3.79. The number of ether oxygens (including phenoxy) is 2. The van der Waals surface area contributed by atoms with Gasteiger partial charge in [0.1, 0.15) is 17.2 Å². The van der Waals surface area contributed by atoms with E-state index in [-0.39, 0.29) is 0 Å². The lowest BCUT2D eigenvalue weighted by atomic mass is 10.3. The third-order valence-electron chi connectivity index (χ3n) is 6.81. The predicted molar refractivity (Wildman–Crippen MR) is 167 cm³/mol. The van der Waals surface area contributed by atoms with Crippen molar-refractivity contribution in [2.24, 2.45) is 0 Å². The summed E-state index contributed by atoms with van der Waals surface area (Å²) in [4.78, 5) is 4.71. The summed E-state index contributed by atoms with van der Waals surface area (Å²) < 4.78 is 11.2. The molecule has 0 atom stereocenters. The number of hydrogen-bond acceptors (Lipinski definition) is 6. The summed E-state index contributed by atoms with van der Waals surface area (Å²) in [7, 11) is 3.37. The van der Waals surface area contributed by atoms with Gasteiger partial charge in [0.25, 0.3) is 0 Å². The molecular formula is C32H44BrN3O3. The highest BCUT2D eigenvalue weighted by atomic mass is 79.9. The van der Waals surface area contributed by atoms with E-state index in [1.165, 1.54) is 70.4 Å². The van der Waals surface area contributed by atoms with Crippen LogP contribution in [0.2, 0.25) is 0 Å². The van der Waals surface area contributed by atoms with Crippen LogP contribution in [-0.2, 0) is 0 Å². The SMILES string of the molecule is C1CCNC1.COc1cccc(Br)c1.COc1cccc(N2CCCC2)c1.Oc1cccc(N2CCCC2)c1. The number of phenolic OH excluding ortho intramolecular Hbond substituents is 1. The van der Waals surface area contributed by atoms with E-state index < -0.39 is 0 Å². The Morgan fingerprint density at radius 1 is 0.641 bits per heavy atom. The number of rotatable bonds is 4. The molecule has 3 heterocycles. The fourth-order valence-electron chi connectivity index (χ4n) is 4.67. The summed E-state index contributed by atoms with van der Waals surface area (Å²) in [6.07, 6.45) is 7.96. The van der Waals surface area contributed by atoms with Crippen LogP contribution >= 0.6 is 15.9 Å². The summed E-state index contributed by atoms with van der Waals surface area (Å²) >= 11 is 3.32. The van der Waals surface area contributed by atoms with Gasteiger partial charge < -0.3 is 29.7 Å². The number of hydrogen-bond donors (Lipinski definition) is 2. The van der Waals surface area contributed by atoms with Crippen LogP contribution in [0.25, 0.3) is 0 Å². The number of nitrogens with zero attached hydrogens (tertiary/aromatic N) is 2. The number of nitrogens with one attached hydrogen (secondary N) is 1. The van der Waals surface area contributed by atoms with Crippen LogP contribution in [0.1, 0.15) is 38.5 Å². The highest BCUT2D eigenvalue weighted by Crippen LogP contribution is 2.24. The molecule has 6 rings (SSSR count). The Hall–Kier alpha value is -2.90. The lowest BCUT2D eigenvalue weighted by molar-refractivity contribution is 0.414. The van der Waals surface area contributed by atoms with Crippen LogP contribution < -0.4 is 24.6 Å². The molecular weight excluding hydrogens is 554 g/mol. The zero-order valence-corrected chi connectivity index (χ0v) is 25.0. The van der Waals surface area contributed by atoms with Gasteiger partial charge in [-0.05, 0) is 94.1 Å². The zero-order chi connectivity index (χ0) is 27.7. The van der Waals surface area contributed by atoms with Crippen molar-refractivity contribution >= 4 is 27.3 Å². The Balaban J connectivity index is 0.000000150. The first kappa shape index (κ1) is 30.6. The van der Waals surface area contributed by atoms with Crippen LogP contribution in [-0.4, -0.2) is 58.6 Å². The molecule has 3 aliphatic heterocycles. The van der Waals surface area contributed by atoms with Crippen LogP contribution in [0, 0.1) is 0 Å². The maximum atomic E-state index is 9.25. The molecule has 3 aromatic rings. The molecule has 212 valence electrons. The topological polar surface area (TPSA) is 57.2 Å². The van der Waals surface area contributed by atoms with Gasteiger partial charge in [-0.25, -0.2) is 0 Å². The molecule has 3 fully saturated rings. The molecule has 0 unspecified atom stereocenters. The maximum absolute atomic E-state index is 9.25. The average molecular weight is 599 g/mol. The van der Waals surface area contributed by atoms with Crippen LogP contribution in [0.15, 0.2) is 77.3 Å². The number of aromatic hydroxyl groups is 1. The number of methoxy groups -OCH3 is 2. The van der Waals surface area contributed by atoms with E-state index >= 15 is 0 Å². The molecule has 2 N–H and O–H groups in total. The molecule has 0 aliphatic carbocycles. The minimum Gasteiger partial charge on any atom is -0.508 e. The fourth-order valence-corrected chi connectivity index (χ4v) is 5.04. The first-order chi connectivity index (χ1) is 19.1. The number of benzene rings is 3. The first-order valence-corrected chi connectivity index (χ1v) is 14.8. The normalized spacial score (nSPS) is 15.8. The second kappa shape index (κ2) is 17.6. The molecule has 0 saturated carbocycles. The molecule has 3 saturated heterocycles. The summed E-state index contributed by atoms with van der Waals surface area (Å²) in [6, 6.07) is 23.5. The van der Waals surface area contributed by atoms with Gasteiger partial charge in [0.2, 0.25) is 0 Å². The number of phenols is 1. The lowest BCUT2D eigenvalue weighted by Crippen LogP contribution is -2.17. The molecule has 39 heavy (non-hydrogen) atoms. The van der Waals surface area contributed by atoms with E-state index in [9.17, 15) is 5.11 Å². The second-order valence-corrected chi connectivity index (χ2v) is 10.6. The molecule has 3 aromatic carbocycles. The maximum Gasteiger partial charge on any atom is 0.120 e. The van der Waals surface area contributed by atoms with Crippen molar-refractivity contribution < 1.29 is 14.6 Å². The minimum atomic E-state index is 0.361. The van der Waals surface area contributed by atoms with Crippen LogP contribution in [0.4, 0.5) is 11.4 Å². The van der Waals surface area contributed by atoms with Gasteiger partial charge in [-0.3, -0.25) is 0 Å². The number of anilines is 2. The Morgan fingerprint density at radius 2 is 1.13 bits per heavy atom. The Labute approximate surface area is 243 Å². The van der Waals surface area contributed by atoms with Gasteiger partial charge in [-0.15, -0.1) is 0 Å².